The van der Waals surface area contributed by atoms with E-state index in [-0.39, 0.29) is 11.4 Å². The zero-order valence-corrected chi connectivity index (χ0v) is 17.3. The topological polar surface area (TPSA) is 48.4 Å². The van der Waals surface area contributed by atoms with Crippen molar-refractivity contribution < 1.29 is 14.3 Å². The van der Waals surface area contributed by atoms with Crippen LogP contribution in [0.3, 0.4) is 0 Å². The van der Waals surface area contributed by atoms with Crippen LogP contribution in [0.25, 0.3) is 0 Å². The van der Waals surface area contributed by atoms with Crippen molar-refractivity contribution in [3.8, 4) is 5.75 Å². The number of esters is 1. The van der Waals surface area contributed by atoms with Gasteiger partial charge in [0.05, 0.1) is 18.4 Å². The lowest BCUT2D eigenvalue weighted by molar-refractivity contribution is 0.0600. The van der Waals surface area contributed by atoms with Crippen molar-refractivity contribution in [2.75, 3.05) is 7.11 Å². The quantitative estimate of drug-likeness (QED) is 0.497. The van der Waals surface area contributed by atoms with Crippen molar-refractivity contribution in [3.05, 3.63) is 95.3 Å². The Bertz CT molecular complexity index is 959. The molecule has 30 heavy (non-hydrogen) atoms. The van der Waals surface area contributed by atoms with Crippen LogP contribution in [0, 0.1) is 0 Å². The Balaban J connectivity index is 1.56. The highest BCUT2D eigenvalue weighted by Crippen LogP contribution is 2.45. The highest BCUT2D eigenvalue weighted by atomic mass is 16.5. The Labute approximate surface area is 177 Å². The third-order valence-corrected chi connectivity index (χ3v) is 6.09. The normalized spacial score (nSPS) is 15.4. The zero-order chi connectivity index (χ0) is 20.8. The molecule has 154 valence electrons. The number of rotatable bonds is 6. The van der Waals surface area contributed by atoms with Crippen LogP contribution in [0.15, 0.2) is 72.9 Å². The summed E-state index contributed by atoms with van der Waals surface area (Å²) in [5.74, 6) is 0.546. The summed E-state index contributed by atoms with van der Waals surface area (Å²) in [6.07, 6.45) is 7.68. The Morgan fingerprint density at radius 1 is 0.900 bits per heavy atom. The van der Waals surface area contributed by atoms with Crippen LogP contribution in [-0.4, -0.2) is 18.1 Å². The molecule has 0 N–H and O–H groups in total. The number of pyridine rings is 1. The first-order valence-corrected chi connectivity index (χ1v) is 10.5. The lowest BCUT2D eigenvalue weighted by Crippen LogP contribution is -2.30. The van der Waals surface area contributed by atoms with E-state index in [0.717, 1.165) is 24.3 Å². The first-order valence-electron chi connectivity index (χ1n) is 10.5. The van der Waals surface area contributed by atoms with Crippen LogP contribution < -0.4 is 4.74 Å². The average Bonchev–Trinajstić information content (AvgIpc) is 2.84. The van der Waals surface area contributed by atoms with E-state index in [0.29, 0.717) is 12.2 Å². The molecule has 4 nitrogen and oxygen atoms in total. The van der Waals surface area contributed by atoms with Gasteiger partial charge in [-0.2, -0.15) is 0 Å². The van der Waals surface area contributed by atoms with Crippen molar-refractivity contribution in [2.45, 2.75) is 44.1 Å². The van der Waals surface area contributed by atoms with Gasteiger partial charge in [-0.15, -0.1) is 0 Å². The van der Waals surface area contributed by atoms with Gasteiger partial charge in [0.15, 0.2) is 0 Å². The molecular formula is C26H27NO3. The lowest BCUT2D eigenvalue weighted by Gasteiger charge is -2.38. The van der Waals surface area contributed by atoms with Gasteiger partial charge in [0.25, 0.3) is 0 Å². The van der Waals surface area contributed by atoms with E-state index in [2.05, 4.69) is 41.4 Å². The molecule has 4 rings (SSSR count). The van der Waals surface area contributed by atoms with Crippen LogP contribution in [0.2, 0.25) is 0 Å². The van der Waals surface area contributed by atoms with Crippen LogP contribution in [0.4, 0.5) is 0 Å². The Hall–Kier alpha value is -3.14. The molecule has 1 aromatic heterocycles. The number of methoxy groups -OCH3 is 1. The van der Waals surface area contributed by atoms with E-state index < -0.39 is 0 Å². The molecule has 1 heterocycles. The number of hydrogen-bond donors (Lipinski definition) is 0. The molecule has 0 saturated heterocycles. The van der Waals surface area contributed by atoms with Gasteiger partial charge in [0.2, 0.25) is 0 Å². The minimum absolute atomic E-state index is 0.0214. The second kappa shape index (κ2) is 9.12. The minimum atomic E-state index is -0.298. The predicted molar refractivity (Wildman–Crippen MR) is 117 cm³/mol. The smallest absolute Gasteiger partial charge is 0.337 e. The number of carbonyl (C=O) groups is 1. The van der Waals surface area contributed by atoms with Gasteiger partial charge in [-0.25, -0.2) is 4.79 Å². The number of aromatic nitrogens is 1. The highest BCUT2D eigenvalue weighted by Gasteiger charge is 2.35. The molecular weight excluding hydrogens is 374 g/mol. The van der Waals surface area contributed by atoms with E-state index in [1.54, 1.807) is 6.20 Å². The summed E-state index contributed by atoms with van der Waals surface area (Å²) in [6.45, 7) is 0.459. The van der Waals surface area contributed by atoms with Crippen LogP contribution in [-0.2, 0) is 16.8 Å². The molecule has 0 unspecified atom stereocenters. The van der Waals surface area contributed by atoms with Crippen molar-refractivity contribution in [1.29, 1.82) is 0 Å². The van der Waals surface area contributed by atoms with Gasteiger partial charge < -0.3 is 9.47 Å². The summed E-state index contributed by atoms with van der Waals surface area (Å²) < 4.78 is 10.8. The van der Waals surface area contributed by atoms with Gasteiger partial charge in [-0.05, 0) is 60.4 Å². The molecule has 0 aliphatic heterocycles. The number of benzene rings is 2. The second-order valence-electron chi connectivity index (χ2n) is 7.85. The largest absolute Gasteiger partial charge is 0.487 e. The van der Waals surface area contributed by atoms with E-state index in [4.69, 9.17) is 9.47 Å². The maximum Gasteiger partial charge on any atom is 0.337 e. The van der Waals surface area contributed by atoms with Gasteiger partial charge in [-0.3, -0.25) is 4.98 Å². The van der Waals surface area contributed by atoms with Crippen molar-refractivity contribution in [1.82, 2.24) is 4.98 Å². The summed E-state index contributed by atoms with van der Waals surface area (Å²) >= 11 is 0. The van der Waals surface area contributed by atoms with Crippen molar-refractivity contribution in [2.24, 2.45) is 0 Å². The number of hydrogen-bond acceptors (Lipinski definition) is 4. The number of ether oxygens (including phenoxy) is 2. The first-order chi connectivity index (χ1) is 14.7. The Morgan fingerprint density at radius 2 is 1.57 bits per heavy atom. The monoisotopic (exact) mass is 401 g/mol. The van der Waals surface area contributed by atoms with Gasteiger partial charge in [-0.1, -0.05) is 49.6 Å². The summed E-state index contributed by atoms with van der Waals surface area (Å²) in [6, 6.07) is 22.2. The maximum atomic E-state index is 11.8. The van der Waals surface area contributed by atoms with E-state index in [9.17, 15) is 4.79 Å². The number of carbonyl (C=O) groups excluding carboxylic acids is 1. The summed E-state index contributed by atoms with van der Waals surface area (Å²) in [5, 5.41) is 0. The lowest BCUT2D eigenvalue weighted by atomic mass is 9.65. The van der Waals surface area contributed by atoms with Gasteiger partial charge >= 0.3 is 5.97 Å². The summed E-state index contributed by atoms with van der Waals surface area (Å²) in [4.78, 5) is 16.1. The summed E-state index contributed by atoms with van der Waals surface area (Å²) in [7, 11) is 1.41. The average molecular weight is 402 g/mol. The molecule has 0 radical (unpaired) electrons. The van der Waals surface area contributed by atoms with E-state index >= 15 is 0 Å². The molecule has 0 spiro atoms. The molecule has 0 atom stereocenters. The van der Waals surface area contributed by atoms with Gasteiger partial charge in [0, 0.05) is 11.6 Å². The first kappa shape index (κ1) is 20.1. The summed E-state index contributed by atoms with van der Waals surface area (Å²) in [5.41, 5.74) is 4.04. The second-order valence-corrected chi connectivity index (χ2v) is 7.85. The fraction of sp³-hybridized carbons (Fsp3) is 0.308. The molecule has 1 aliphatic rings. The standard InChI is InChI=1S/C26H27NO3/c1-29-25(28)20-8-10-21(11-9-20)26(16-4-2-5-17-26)22-12-14-24(15-13-22)30-19-23-7-3-6-18-27-23/h3,6-15,18H,2,4-5,16-17,19H2,1H3. The third-order valence-electron chi connectivity index (χ3n) is 6.09. The SMILES string of the molecule is COC(=O)c1ccc(C2(c3ccc(OCc4ccccn4)cc3)CCCCC2)cc1. The number of nitrogens with zero attached hydrogens (tertiary/aromatic N) is 1. The maximum absolute atomic E-state index is 11.8. The van der Waals surface area contributed by atoms with Crippen LogP contribution >= 0.6 is 0 Å². The highest BCUT2D eigenvalue weighted by molar-refractivity contribution is 5.89. The zero-order valence-electron chi connectivity index (χ0n) is 17.3. The third kappa shape index (κ3) is 4.23. The molecule has 1 fully saturated rings. The molecule has 1 aliphatic carbocycles. The van der Waals surface area contributed by atoms with Crippen LogP contribution in [0.1, 0.15) is 59.3 Å². The fourth-order valence-electron chi connectivity index (χ4n) is 4.45. The Morgan fingerprint density at radius 3 is 2.17 bits per heavy atom. The van der Waals surface area contributed by atoms with Crippen molar-refractivity contribution >= 4 is 5.97 Å². The predicted octanol–water partition coefficient (Wildman–Crippen LogP) is 5.70. The van der Waals surface area contributed by atoms with Gasteiger partial charge in [0.1, 0.15) is 12.4 Å². The molecule has 4 heteroatoms. The van der Waals surface area contributed by atoms with Crippen LogP contribution in [0.5, 0.6) is 5.75 Å². The molecule has 0 bridgehead atoms. The molecule has 0 amide bonds. The minimum Gasteiger partial charge on any atom is -0.487 e. The Kier molecular flexibility index (Phi) is 6.12. The van der Waals surface area contributed by atoms with Crippen molar-refractivity contribution in [3.63, 3.8) is 0 Å². The molecule has 1 saturated carbocycles. The fourth-order valence-corrected chi connectivity index (χ4v) is 4.45. The molecule has 3 aromatic rings. The van der Waals surface area contributed by atoms with E-state index in [1.165, 1.54) is 37.5 Å². The van der Waals surface area contributed by atoms with E-state index in [1.807, 2.05) is 30.3 Å². The molecule has 2 aromatic carbocycles.